The number of hydrogen-bond acceptors (Lipinski definition) is 2. The molecule has 2 rings (SSSR count). The van der Waals surface area contributed by atoms with Gasteiger partial charge in [0.05, 0.1) is 15.8 Å². The smallest absolute Gasteiger partial charge is 0.139 e. The molecule has 0 aliphatic carbocycles. The van der Waals surface area contributed by atoms with Crippen LogP contribution in [0.2, 0.25) is 0 Å². The topological polar surface area (TPSA) is 29.3 Å². The van der Waals surface area contributed by atoms with E-state index in [1.54, 1.807) is 6.07 Å². The highest BCUT2D eigenvalue weighted by Gasteiger charge is 2.24. The predicted molar refractivity (Wildman–Crippen MR) is 78.4 cm³/mol. The molecule has 1 saturated heterocycles. The second kappa shape index (κ2) is 5.08. The van der Waals surface area contributed by atoms with Gasteiger partial charge in [0.15, 0.2) is 0 Å². The SMILES string of the molecule is CC1(C)CCCN(c2cc(Br)c(F)cc2N)CC1. The van der Waals surface area contributed by atoms with Gasteiger partial charge in [-0.15, -0.1) is 0 Å². The summed E-state index contributed by atoms with van der Waals surface area (Å²) in [6.07, 6.45) is 3.52. The van der Waals surface area contributed by atoms with Crippen molar-refractivity contribution >= 4 is 27.3 Å². The molecule has 0 saturated carbocycles. The van der Waals surface area contributed by atoms with Crippen molar-refractivity contribution in [3.8, 4) is 0 Å². The Balaban J connectivity index is 2.24. The van der Waals surface area contributed by atoms with E-state index in [1.807, 2.05) is 0 Å². The monoisotopic (exact) mass is 314 g/mol. The Morgan fingerprint density at radius 2 is 2.00 bits per heavy atom. The van der Waals surface area contributed by atoms with Crippen LogP contribution in [-0.2, 0) is 0 Å². The van der Waals surface area contributed by atoms with Crippen LogP contribution in [0.4, 0.5) is 15.8 Å². The summed E-state index contributed by atoms with van der Waals surface area (Å²) in [5, 5.41) is 0. The molecule has 100 valence electrons. The van der Waals surface area contributed by atoms with Crippen LogP contribution in [0, 0.1) is 11.2 Å². The van der Waals surface area contributed by atoms with E-state index in [1.165, 1.54) is 12.5 Å². The normalized spacial score (nSPS) is 19.7. The molecule has 1 aliphatic heterocycles. The maximum atomic E-state index is 13.4. The summed E-state index contributed by atoms with van der Waals surface area (Å²) >= 11 is 3.23. The van der Waals surface area contributed by atoms with E-state index in [0.29, 0.717) is 15.6 Å². The highest BCUT2D eigenvalue weighted by atomic mass is 79.9. The van der Waals surface area contributed by atoms with Gasteiger partial charge in [0.25, 0.3) is 0 Å². The maximum Gasteiger partial charge on any atom is 0.139 e. The molecule has 0 bridgehead atoms. The van der Waals surface area contributed by atoms with Gasteiger partial charge in [0.2, 0.25) is 0 Å². The lowest BCUT2D eigenvalue weighted by atomic mass is 9.85. The number of halogens is 2. The van der Waals surface area contributed by atoms with Crippen LogP contribution >= 0.6 is 15.9 Å². The Hall–Kier alpha value is -0.770. The lowest BCUT2D eigenvalue weighted by molar-refractivity contribution is 0.325. The third kappa shape index (κ3) is 2.97. The molecular formula is C14H20BrFN2. The number of rotatable bonds is 1. The minimum atomic E-state index is -0.300. The predicted octanol–water partition coefficient (Wildman–Crippen LogP) is 4.19. The zero-order valence-corrected chi connectivity index (χ0v) is 12.6. The lowest BCUT2D eigenvalue weighted by Gasteiger charge is -2.26. The van der Waals surface area contributed by atoms with Crippen LogP contribution in [0.15, 0.2) is 16.6 Å². The number of benzene rings is 1. The second-order valence-electron chi connectivity index (χ2n) is 5.83. The van der Waals surface area contributed by atoms with Crippen LogP contribution < -0.4 is 10.6 Å². The Labute approximate surface area is 116 Å². The fraction of sp³-hybridized carbons (Fsp3) is 0.571. The third-order valence-corrected chi connectivity index (χ3v) is 4.36. The van der Waals surface area contributed by atoms with Gasteiger partial charge >= 0.3 is 0 Å². The van der Waals surface area contributed by atoms with E-state index in [2.05, 4.69) is 34.7 Å². The van der Waals surface area contributed by atoms with Crippen molar-refractivity contribution in [2.45, 2.75) is 33.1 Å². The average Bonchev–Trinajstić information content (AvgIpc) is 2.45. The summed E-state index contributed by atoms with van der Waals surface area (Å²) in [5.74, 6) is -0.300. The first-order valence-corrected chi connectivity index (χ1v) is 7.18. The van der Waals surface area contributed by atoms with Crippen LogP contribution in [0.3, 0.4) is 0 Å². The van der Waals surface area contributed by atoms with Crippen molar-refractivity contribution in [2.24, 2.45) is 5.41 Å². The molecular weight excluding hydrogens is 295 g/mol. The molecule has 0 aromatic heterocycles. The first kappa shape index (κ1) is 13.7. The lowest BCUT2D eigenvalue weighted by Crippen LogP contribution is -2.26. The van der Waals surface area contributed by atoms with E-state index in [4.69, 9.17) is 5.73 Å². The molecule has 0 amide bonds. The molecule has 2 N–H and O–H groups in total. The molecule has 4 heteroatoms. The van der Waals surface area contributed by atoms with Crippen molar-refractivity contribution in [2.75, 3.05) is 23.7 Å². The zero-order chi connectivity index (χ0) is 13.3. The number of nitrogens with zero attached hydrogens (tertiary/aromatic N) is 1. The van der Waals surface area contributed by atoms with Crippen molar-refractivity contribution in [3.63, 3.8) is 0 Å². The Bertz CT molecular complexity index is 446. The van der Waals surface area contributed by atoms with Gasteiger partial charge in [-0.1, -0.05) is 13.8 Å². The molecule has 0 atom stereocenters. The van der Waals surface area contributed by atoms with Crippen LogP contribution in [0.25, 0.3) is 0 Å². The summed E-state index contributed by atoms with van der Waals surface area (Å²) in [4.78, 5) is 2.27. The molecule has 0 radical (unpaired) electrons. The molecule has 2 nitrogen and oxygen atoms in total. The van der Waals surface area contributed by atoms with Gasteiger partial charge in [0.1, 0.15) is 5.82 Å². The van der Waals surface area contributed by atoms with E-state index >= 15 is 0 Å². The molecule has 1 heterocycles. The van der Waals surface area contributed by atoms with E-state index in [-0.39, 0.29) is 5.82 Å². The quantitative estimate of drug-likeness (QED) is 0.788. The van der Waals surface area contributed by atoms with E-state index in [0.717, 1.165) is 31.6 Å². The van der Waals surface area contributed by atoms with Crippen molar-refractivity contribution in [1.29, 1.82) is 0 Å². The van der Waals surface area contributed by atoms with Gasteiger partial charge in [-0.25, -0.2) is 4.39 Å². The summed E-state index contributed by atoms with van der Waals surface area (Å²) < 4.78 is 13.9. The summed E-state index contributed by atoms with van der Waals surface area (Å²) in [5.41, 5.74) is 7.80. The minimum Gasteiger partial charge on any atom is -0.397 e. The number of nitrogen functional groups attached to an aromatic ring is 1. The van der Waals surface area contributed by atoms with E-state index in [9.17, 15) is 4.39 Å². The zero-order valence-electron chi connectivity index (χ0n) is 11.0. The fourth-order valence-electron chi connectivity index (χ4n) is 2.49. The number of nitrogens with two attached hydrogens (primary N) is 1. The number of anilines is 2. The molecule has 0 unspecified atom stereocenters. The molecule has 1 aromatic rings. The van der Waals surface area contributed by atoms with Gasteiger partial charge in [0, 0.05) is 19.2 Å². The first-order chi connectivity index (χ1) is 8.39. The van der Waals surface area contributed by atoms with Gasteiger partial charge in [-0.3, -0.25) is 0 Å². The van der Waals surface area contributed by atoms with Gasteiger partial charge in [-0.2, -0.15) is 0 Å². The third-order valence-electron chi connectivity index (χ3n) is 3.75. The Kier molecular flexibility index (Phi) is 3.85. The summed E-state index contributed by atoms with van der Waals surface area (Å²) in [6.45, 7) is 6.59. The highest BCUT2D eigenvalue weighted by molar-refractivity contribution is 9.10. The molecule has 0 spiro atoms. The van der Waals surface area contributed by atoms with Gasteiger partial charge < -0.3 is 10.6 Å². The first-order valence-electron chi connectivity index (χ1n) is 6.38. The second-order valence-corrected chi connectivity index (χ2v) is 6.68. The average molecular weight is 315 g/mol. The van der Waals surface area contributed by atoms with Crippen LogP contribution in [0.1, 0.15) is 33.1 Å². The van der Waals surface area contributed by atoms with E-state index < -0.39 is 0 Å². The largest absolute Gasteiger partial charge is 0.397 e. The minimum absolute atomic E-state index is 0.300. The molecule has 1 fully saturated rings. The number of hydrogen-bond donors (Lipinski definition) is 1. The molecule has 1 aliphatic rings. The summed E-state index contributed by atoms with van der Waals surface area (Å²) in [7, 11) is 0. The van der Waals surface area contributed by atoms with Crippen LogP contribution in [0.5, 0.6) is 0 Å². The highest BCUT2D eigenvalue weighted by Crippen LogP contribution is 2.35. The molecule has 1 aromatic carbocycles. The van der Waals surface area contributed by atoms with Crippen molar-refractivity contribution < 1.29 is 4.39 Å². The standard InChI is InChI=1S/C14H20BrFN2/c1-14(2)4-3-6-18(7-5-14)13-8-10(15)11(16)9-12(13)17/h8-9H,3-7,17H2,1-2H3. The van der Waals surface area contributed by atoms with Crippen molar-refractivity contribution in [3.05, 3.63) is 22.4 Å². The molecule has 18 heavy (non-hydrogen) atoms. The van der Waals surface area contributed by atoms with Crippen LogP contribution in [-0.4, -0.2) is 13.1 Å². The summed E-state index contributed by atoms with van der Waals surface area (Å²) in [6, 6.07) is 3.19. The Morgan fingerprint density at radius 3 is 2.72 bits per heavy atom. The van der Waals surface area contributed by atoms with Crippen molar-refractivity contribution in [1.82, 2.24) is 0 Å². The maximum absolute atomic E-state index is 13.4. The van der Waals surface area contributed by atoms with Gasteiger partial charge in [-0.05, 0) is 46.7 Å². The Morgan fingerprint density at radius 1 is 1.28 bits per heavy atom. The fourth-order valence-corrected chi connectivity index (χ4v) is 2.82.